The highest BCUT2D eigenvalue weighted by Gasteiger charge is 2.20. The summed E-state index contributed by atoms with van der Waals surface area (Å²) in [6.07, 6.45) is 0.158. The van der Waals surface area contributed by atoms with Gasteiger partial charge in [0.15, 0.2) is 0 Å². The van der Waals surface area contributed by atoms with E-state index >= 15 is 0 Å². The van der Waals surface area contributed by atoms with E-state index < -0.39 is 23.6 Å². The molecule has 0 bridgehead atoms. The third-order valence-electron chi connectivity index (χ3n) is 4.32. The first-order chi connectivity index (χ1) is 13.3. The third-order valence-corrected chi connectivity index (χ3v) is 4.32. The largest absolute Gasteiger partial charge is 0.480 e. The summed E-state index contributed by atoms with van der Waals surface area (Å²) in [6, 6.07) is 10.9. The van der Waals surface area contributed by atoms with Crippen molar-refractivity contribution in [3.8, 4) is 6.07 Å². The highest BCUT2D eigenvalue weighted by atomic mass is 16.4. The molecule has 1 unspecified atom stereocenters. The fourth-order valence-corrected chi connectivity index (χ4v) is 2.88. The third kappa shape index (κ3) is 5.20. The molecule has 1 atom stereocenters. The van der Waals surface area contributed by atoms with E-state index in [1.54, 1.807) is 44.2 Å². The van der Waals surface area contributed by atoms with Crippen LogP contribution in [0.3, 0.4) is 0 Å². The van der Waals surface area contributed by atoms with Crippen LogP contribution in [-0.4, -0.2) is 34.3 Å². The van der Waals surface area contributed by atoms with Gasteiger partial charge < -0.3 is 20.3 Å². The number of nitrogens with zero attached hydrogens (tertiary/aromatic N) is 2. The van der Waals surface area contributed by atoms with Gasteiger partial charge in [0.05, 0.1) is 0 Å². The smallest absolute Gasteiger partial charge is 0.326 e. The summed E-state index contributed by atoms with van der Waals surface area (Å²) in [5, 5.41) is 23.4. The number of nitriles is 1. The number of carbonyl (C=O) groups excluding carboxylic acids is 1. The molecule has 0 aliphatic rings. The zero-order valence-corrected chi connectivity index (χ0v) is 15.7. The molecule has 146 valence electrons. The number of nitrogens with one attached hydrogen (secondary N) is 2. The van der Waals surface area contributed by atoms with Gasteiger partial charge in [0, 0.05) is 25.2 Å². The lowest BCUT2D eigenvalue weighted by Crippen LogP contribution is -2.48. The maximum Gasteiger partial charge on any atom is 0.326 e. The number of pyridine rings is 1. The number of carboxylic acids is 1. The fourth-order valence-electron chi connectivity index (χ4n) is 2.88. The standard InChI is InChI=1S/C20H22N4O4/c1-13-10-14(2)24(18(25)16(13)12-21)9-8-22-20(28)23-17(19(26)27)11-15-6-4-3-5-7-15/h3-7,10,17H,8-9,11H2,1-2H3,(H,26,27)(H2,22,23,28). The molecule has 0 saturated carbocycles. The molecule has 8 heteroatoms. The number of hydrogen-bond donors (Lipinski definition) is 3. The molecule has 0 spiro atoms. The monoisotopic (exact) mass is 382 g/mol. The van der Waals surface area contributed by atoms with Crippen LogP contribution < -0.4 is 16.2 Å². The highest BCUT2D eigenvalue weighted by Crippen LogP contribution is 2.05. The van der Waals surface area contributed by atoms with Gasteiger partial charge in [0.25, 0.3) is 5.56 Å². The van der Waals surface area contributed by atoms with Gasteiger partial charge in [-0.25, -0.2) is 9.59 Å². The Kier molecular flexibility index (Phi) is 6.93. The molecule has 1 heterocycles. The van der Waals surface area contributed by atoms with E-state index in [0.29, 0.717) is 11.3 Å². The van der Waals surface area contributed by atoms with Crippen molar-refractivity contribution in [2.24, 2.45) is 0 Å². The number of benzene rings is 1. The summed E-state index contributed by atoms with van der Waals surface area (Å²) in [5.41, 5.74) is 1.74. The zero-order chi connectivity index (χ0) is 20.7. The zero-order valence-electron chi connectivity index (χ0n) is 15.7. The summed E-state index contributed by atoms with van der Waals surface area (Å²) >= 11 is 0. The van der Waals surface area contributed by atoms with Crippen LogP contribution in [0.25, 0.3) is 0 Å². The molecule has 28 heavy (non-hydrogen) atoms. The molecule has 2 aromatic rings. The molecule has 1 aromatic carbocycles. The molecule has 0 aliphatic heterocycles. The summed E-state index contributed by atoms with van der Waals surface area (Å²) in [4.78, 5) is 35.8. The fraction of sp³-hybridized carbons (Fsp3) is 0.300. The molecule has 0 aliphatic carbocycles. The van der Waals surface area contributed by atoms with Gasteiger partial charge in [0.1, 0.15) is 17.7 Å². The van der Waals surface area contributed by atoms with Gasteiger partial charge in [-0.1, -0.05) is 30.3 Å². The molecule has 2 rings (SSSR count). The normalized spacial score (nSPS) is 11.3. The van der Waals surface area contributed by atoms with Gasteiger partial charge in [-0.05, 0) is 31.0 Å². The van der Waals surface area contributed by atoms with Crippen LogP contribution in [0.4, 0.5) is 4.79 Å². The lowest BCUT2D eigenvalue weighted by Gasteiger charge is -2.16. The Labute approximate surface area is 162 Å². The molecule has 0 fully saturated rings. The molecule has 1 aromatic heterocycles. The van der Waals surface area contributed by atoms with Gasteiger partial charge in [-0.15, -0.1) is 0 Å². The van der Waals surface area contributed by atoms with Gasteiger partial charge in [-0.3, -0.25) is 4.79 Å². The van der Waals surface area contributed by atoms with E-state index in [1.807, 2.05) is 12.1 Å². The predicted octanol–water partition coefficient (Wildman–Crippen LogP) is 1.33. The Morgan fingerprint density at radius 2 is 1.93 bits per heavy atom. The van der Waals surface area contributed by atoms with E-state index in [9.17, 15) is 19.5 Å². The number of aliphatic carboxylic acids is 1. The number of carboxylic acid groups (broad SMARTS) is 1. The number of amides is 2. The first kappa shape index (κ1) is 20.7. The number of urea groups is 1. The lowest BCUT2D eigenvalue weighted by atomic mass is 10.1. The highest BCUT2D eigenvalue weighted by molar-refractivity contribution is 5.82. The van der Waals surface area contributed by atoms with Crippen LogP contribution in [0, 0.1) is 25.2 Å². The minimum atomic E-state index is -1.14. The van der Waals surface area contributed by atoms with E-state index in [-0.39, 0.29) is 25.1 Å². The van der Waals surface area contributed by atoms with Crippen molar-refractivity contribution in [3.05, 3.63) is 69.1 Å². The Bertz CT molecular complexity index is 961. The lowest BCUT2D eigenvalue weighted by molar-refractivity contribution is -0.139. The molecule has 0 saturated heterocycles. The van der Waals surface area contributed by atoms with Crippen molar-refractivity contribution in [2.45, 2.75) is 32.9 Å². The number of hydrogen-bond acceptors (Lipinski definition) is 4. The van der Waals surface area contributed by atoms with Crippen LogP contribution >= 0.6 is 0 Å². The Balaban J connectivity index is 1.96. The minimum Gasteiger partial charge on any atom is -0.480 e. The topological polar surface area (TPSA) is 124 Å². The second-order valence-electron chi connectivity index (χ2n) is 6.39. The van der Waals surface area contributed by atoms with Crippen molar-refractivity contribution in [2.75, 3.05) is 6.54 Å². The molecule has 8 nitrogen and oxygen atoms in total. The van der Waals surface area contributed by atoms with E-state index in [2.05, 4.69) is 10.6 Å². The maximum atomic E-state index is 12.3. The van der Waals surface area contributed by atoms with E-state index in [0.717, 1.165) is 5.56 Å². The Hall–Kier alpha value is -3.60. The number of carbonyl (C=O) groups is 2. The van der Waals surface area contributed by atoms with Crippen LogP contribution in [0.5, 0.6) is 0 Å². The van der Waals surface area contributed by atoms with Gasteiger partial charge in [-0.2, -0.15) is 5.26 Å². The summed E-state index contributed by atoms with van der Waals surface area (Å²) in [6.45, 7) is 3.72. The minimum absolute atomic E-state index is 0.0730. The second-order valence-corrected chi connectivity index (χ2v) is 6.39. The summed E-state index contributed by atoms with van der Waals surface area (Å²) in [7, 11) is 0. The Morgan fingerprint density at radius 3 is 2.54 bits per heavy atom. The van der Waals surface area contributed by atoms with Crippen molar-refractivity contribution >= 4 is 12.0 Å². The average Bonchev–Trinajstić information content (AvgIpc) is 2.64. The van der Waals surface area contributed by atoms with Crippen LogP contribution in [-0.2, 0) is 17.8 Å². The maximum absolute atomic E-state index is 12.3. The van der Waals surface area contributed by atoms with Crippen LogP contribution in [0.2, 0.25) is 0 Å². The quantitative estimate of drug-likeness (QED) is 0.666. The molecule has 3 N–H and O–H groups in total. The number of rotatable bonds is 7. The molecule has 2 amide bonds. The van der Waals surface area contributed by atoms with Gasteiger partial charge >= 0.3 is 12.0 Å². The van der Waals surface area contributed by atoms with E-state index in [1.165, 1.54) is 4.57 Å². The molecular weight excluding hydrogens is 360 g/mol. The first-order valence-electron chi connectivity index (χ1n) is 8.75. The van der Waals surface area contributed by atoms with Crippen molar-refractivity contribution < 1.29 is 14.7 Å². The van der Waals surface area contributed by atoms with Crippen molar-refractivity contribution in [1.82, 2.24) is 15.2 Å². The van der Waals surface area contributed by atoms with Crippen LogP contribution in [0.1, 0.15) is 22.4 Å². The first-order valence-corrected chi connectivity index (χ1v) is 8.75. The van der Waals surface area contributed by atoms with Crippen molar-refractivity contribution in [3.63, 3.8) is 0 Å². The number of aryl methyl sites for hydroxylation is 2. The SMILES string of the molecule is Cc1cc(C)n(CCNC(=O)NC(Cc2ccccc2)C(=O)O)c(=O)c1C#N. The Morgan fingerprint density at radius 1 is 1.25 bits per heavy atom. The molecule has 0 radical (unpaired) electrons. The van der Waals surface area contributed by atoms with Gasteiger partial charge in [0.2, 0.25) is 0 Å². The molecular formula is C20H22N4O4. The summed E-state index contributed by atoms with van der Waals surface area (Å²) in [5.74, 6) is -1.14. The van der Waals surface area contributed by atoms with Crippen LogP contribution in [0.15, 0.2) is 41.2 Å². The summed E-state index contributed by atoms with van der Waals surface area (Å²) < 4.78 is 1.41. The van der Waals surface area contributed by atoms with Crippen molar-refractivity contribution in [1.29, 1.82) is 5.26 Å². The second kappa shape index (κ2) is 9.37. The average molecular weight is 382 g/mol. The number of aromatic nitrogens is 1. The van der Waals surface area contributed by atoms with E-state index in [4.69, 9.17) is 5.26 Å². The predicted molar refractivity (Wildman–Crippen MR) is 103 cm³/mol.